The molecular formula is C12H15N5O3. The molecule has 1 aliphatic carbocycles. The number of nitrogens with one attached hydrogen (secondary N) is 2. The zero-order chi connectivity index (χ0) is 14.3. The van der Waals surface area contributed by atoms with Crippen LogP contribution in [0.5, 0.6) is 0 Å². The van der Waals surface area contributed by atoms with Gasteiger partial charge in [0.25, 0.3) is 5.56 Å². The molecule has 0 radical (unpaired) electrons. The van der Waals surface area contributed by atoms with Gasteiger partial charge in [0.15, 0.2) is 11.2 Å². The van der Waals surface area contributed by atoms with Gasteiger partial charge in [-0.2, -0.15) is 4.98 Å². The Hall–Kier alpha value is -2.38. The highest BCUT2D eigenvalue weighted by Gasteiger charge is 2.49. The fourth-order valence-electron chi connectivity index (χ4n) is 2.49. The lowest BCUT2D eigenvalue weighted by Crippen LogP contribution is -2.44. The van der Waals surface area contributed by atoms with Crippen LogP contribution in [0.15, 0.2) is 4.79 Å². The van der Waals surface area contributed by atoms with Crippen LogP contribution in [0.4, 0.5) is 5.95 Å². The van der Waals surface area contributed by atoms with Crippen LogP contribution in [-0.2, 0) is 14.9 Å². The van der Waals surface area contributed by atoms with Crippen molar-refractivity contribution < 1.29 is 9.53 Å². The fourth-order valence-corrected chi connectivity index (χ4v) is 2.49. The molecule has 2 heterocycles. The van der Waals surface area contributed by atoms with Gasteiger partial charge in [0, 0.05) is 0 Å². The Morgan fingerprint density at radius 1 is 1.40 bits per heavy atom. The normalized spacial score (nSPS) is 16.9. The molecule has 4 N–H and O–H groups in total. The predicted octanol–water partition coefficient (Wildman–Crippen LogP) is 0.213. The molecule has 0 atom stereocenters. The summed E-state index contributed by atoms with van der Waals surface area (Å²) in [5.74, 6) is 0.120. The van der Waals surface area contributed by atoms with Crippen LogP contribution in [0.3, 0.4) is 0 Å². The Morgan fingerprint density at radius 2 is 2.15 bits per heavy atom. The van der Waals surface area contributed by atoms with E-state index < -0.39 is 11.0 Å². The largest absolute Gasteiger partial charge is 0.465 e. The van der Waals surface area contributed by atoms with Crippen molar-refractivity contribution in [3.63, 3.8) is 0 Å². The van der Waals surface area contributed by atoms with E-state index in [1.54, 1.807) is 6.92 Å². The second-order valence-electron chi connectivity index (χ2n) is 4.89. The lowest BCUT2D eigenvalue weighted by Gasteiger charge is -2.37. The minimum Gasteiger partial charge on any atom is -0.465 e. The number of ether oxygens (including phenoxy) is 1. The summed E-state index contributed by atoms with van der Waals surface area (Å²) in [6, 6.07) is 0. The van der Waals surface area contributed by atoms with E-state index in [2.05, 4.69) is 19.9 Å². The maximum absolute atomic E-state index is 12.2. The van der Waals surface area contributed by atoms with Crippen molar-refractivity contribution in [2.24, 2.45) is 0 Å². The molecular weight excluding hydrogens is 262 g/mol. The summed E-state index contributed by atoms with van der Waals surface area (Å²) in [6.07, 6.45) is 2.22. The topological polar surface area (TPSA) is 127 Å². The Labute approximate surface area is 113 Å². The number of rotatable bonds is 3. The third kappa shape index (κ3) is 1.68. The second kappa shape index (κ2) is 4.32. The van der Waals surface area contributed by atoms with E-state index in [1.165, 1.54) is 0 Å². The Bertz CT molecular complexity index is 728. The molecule has 0 aliphatic heterocycles. The molecule has 0 amide bonds. The molecule has 1 saturated carbocycles. The summed E-state index contributed by atoms with van der Waals surface area (Å²) >= 11 is 0. The summed E-state index contributed by atoms with van der Waals surface area (Å²) in [5, 5.41) is 0. The van der Waals surface area contributed by atoms with E-state index in [9.17, 15) is 9.59 Å². The molecule has 1 aliphatic rings. The number of H-pyrrole nitrogens is 2. The number of carbonyl (C=O) groups is 1. The van der Waals surface area contributed by atoms with E-state index in [0.29, 0.717) is 25.3 Å². The molecule has 3 rings (SSSR count). The quantitative estimate of drug-likeness (QED) is 0.688. The Kier molecular flexibility index (Phi) is 2.73. The van der Waals surface area contributed by atoms with Crippen LogP contribution >= 0.6 is 0 Å². The van der Waals surface area contributed by atoms with Crippen LogP contribution in [0.2, 0.25) is 0 Å². The lowest BCUT2D eigenvalue weighted by molar-refractivity contribution is -0.154. The average Bonchev–Trinajstić information content (AvgIpc) is 2.72. The van der Waals surface area contributed by atoms with Gasteiger partial charge in [0.1, 0.15) is 11.2 Å². The first-order valence-electron chi connectivity index (χ1n) is 6.50. The molecule has 8 nitrogen and oxygen atoms in total. The van der Waals surface area contributed by atoms with E-state index in [4.69, 9.17) is 10.5 Å². The number of anilines is 1. The van der Waals surface area contributed by atoms with Gasteiger partial charge in [-0.3, -0.25) is 14.6 Å². The molecule has 106 valence electrons. The summed E-state index contributed by atoms with van der Waals surface area (Å²) in [6.45, 7) is 2.07. The van der Waals surface area contributed by atoms with Crippen LogP contribution in [0, 0.1) is 0 Å². The summed E-state index contributed by atoms with van der Waals surface area (Å²) in [5.41, 5.74) is 4.75. The SMILES string of the molecule is CCOC(=O)C1(c2nc3nc(N)[nH]c(=O)c3[nH]2)CCC1. The first-order valence-corrected chi connectivity index (χ1v) is 6.50. The van der Waals surface area contributed by atoms with Gasteiger partial charge in [-0.15, -0.1) is 0 Å². The number of hydrogen-bond donors (Lipinski definition) is 3. The van der Waals surface area contributed by atoms with Gasteiger partial charge in [-0.1, -0.05) is 6.42 Å². The van der Waals surface area contributed by atoms with Crippen LogP contribution in [0.25, 0.3) is 11.2 Å². The van der Waals surface area contributed by atoms with E-state index in [0.717, 1.165) is 6.42 Å². The summed E-state index contributed by atoms with van der Waals surface area (Å²) < 4.78 is 5.12. The van der Waals surface area contributed by atoms with Gasteiger partial charge in [-0.05, 0) is 19.8 Å². The minimum absolute atomic E-state index is 0.000607. The highest BCUT2D eigenvalue weighted by molar-refractivity contribution is 5.84. The van der Waals surface area contributed by atoms with Gasteiger partial charge in [-0.25, -0.2) is 4.98 Å². The number of fused-ring (bicyclic) bond motifs is 1. The summed E-state index contributed by atoms with van der Waals surface area (Å²) in [4.78, 5) is 37.5. The molecule has 0 aromatic carbocycles. The smallest absolute Gasteiger partial charge is 0.319 e. The zero-order valence-corrected chi connectivity index (χ0v) is 11.0. The Morgan fingerprint density at radius 3 is 2.75 bits per heavy atom. The maximum Gasteiger partial charge on any atom is 0.319 e. The van der Waals surface area contributed by atoms with Crippen LogP contribution < -0.4 is 11.3 Å². The molecule has 20 heavy (non-hydrogen) atoms. The first kappa shape index (κ1) is 12.6. The average molecular weight is 277 g/mol. The molecule has 1 fully saturated rings. The third-order valence-electron chi connectivity index (χ3n) is 3.71. The van der Waals surface area contributed by atoms with Gasteiger partial charge in [0.05, 0.1) is 6.61 Å². The third-order valence-corrected chi connectivity index (χ3v) is 3.71. The highest BCUT2D eigenvalue weighted by Crippen LogP contribution is 2.43. The van der Waals surface area contributed by atoms with Crippen molar-refractivity contribution in [2.75, 3.05) is 12.3 Å². The molecule has 0 bridgehead atoms. The van der Waals surface area contributed by atoms with Crippen molar-refractivity contribution in [3.05, 3.63) is 16.2 Å². The highest BCUT2D eigenvalue weighted by atomic mass is 16.5. The van der Waals surface area contributed by atoms with E-state index in [1.807, 2.05) is 0 Å². The molecule has 2 aromatic rings. The second-order valence-corrected chi connectivity index (χ2v) is 4.89. The molecule has 0 saturated heterocycles. The molecule has 8 heteroatoms. The fraction of sp³-hybridized carbons (Fsp3) is 0.500. The number of aromatic nitrogens is 4. The van der Waals surface area contributed by atoms with E-state index in [-0.39, 0.29) is 23.1 Å². The number of carbonyl (C=O) groups excluding carboxylic acids is 1. The van der Waals surface area contributed by atoms with Gasteiger partial charge in [0.2, 0.25) is 5.95 Å². The summed E-state index contributed by atoms with van der Waals surface area (Å²) in [7, 11) is 0. The standard InChI is InChI=1S/C12H15N5O3/c1-2-20-10(19)12(4-3-5-12)9-14-6-7(15-9)16-11(13)17-8(6)18/h2-5H2,1H3,(H4,13,14,15,16,17,18). The number of nitrogens with zero attached hydrogens (tertiary/aromatic N) is 2. The van der Waals surface area contributed by atoms with Crippen LogP contribution in [-0.4, -0.2) is 32.5 Å². The number of esters is 1. The van der Waals surface area contributed by atoms with Gasteiger partial charge >= 0.3 is 5.97 Å². The number of aromatic amines is 2. The minimum atomic E-state index is -0.780. The predicted molar refractivity (Wildman–Crippen MR) is 71.1 cm³/mol. The number of imidazole rings is 1. The maximum atomic E-state index is 12.2. The number of nitrogens with two attached hydrogens (primary N) is 1. The van der Waals surface area contributed by atoms with Crippen molar-refractivity contribution in [1.82, 2.24) is 19.9 Å². The van der Waals surface area contributed by atoms with Gasteiger partial charge < -0.3 is 15.5 Å². The lowest BCUT2D eigenvalue weighted by atomic mass is 9.68. The molecule has 0 spiro atoms. The first-order chi connectivity index (χ1) is 9.56. The van der Waals surface area contributed by atoms with Crippen molar-refractivity contribution in [2.45, 2.75) is 31.6 Å². The van der Waals surface area contributed by atoms with Crippen molar-refractivity contribution in [3.8, 4) is 0 Å². The Balaban J connectivity index is 2.11. The van der Waals surface area contributed by atoms with Crippen LogP contribution in [0.1, 0.15) is 32.0 Å². The molecule has 0 unspecified atom stereocenters. The molecule has 2 aromatic heterocycles. The van der Waals surface area contributed by atoms with E-state index >= 15 is 0 Å². The monoisotopic (exact) mass is 277 g/mol. The number of nitrogen functional groups attached to an aromatic ring is 1. The van der Waals surface area contributed by atoms with Crippen molar-refractivity contribution in [1.29, 1.82) is 0 Å². The number of hydrogen-bond acceptors (Lipinski definition) is 6. The zero-order valence-electron chi connectivity index (χ0n) is 11.0. The van der Waals surface area contributed by atoms with Crippen molar-refractivity contribution >= 4 is 23.1 Å².